The molecule has 27 heavy (non-hydrogen) atoms. The molecule has 0 fully saturated rings. The van der Waals surface area contributed by atoms with E-state index in [9.17, 15) is 0 Å². The number of rotatable bonds is 4. The molecule has 0 atom stereocenters. The number of H-pyrrole nitrogens is 1. The van der Waals surface area contributed by atoms with E-state index >= 15 is 0 Å². The van der Waals surface area contributed by atoms with Crippen LogP contribution in [-0.4, -0.2) is 20.8 Å². The van der Waals surface area contributed by atoms with Crippen LogP contribution in [0, 0.1) is 5.41 Å². The van der Waals surface area contributed by atoms with Gasteiger partial charge in [0, 0.05) is 28.9 Å². The van der Waals surface area contributed by atoms with Crippen molar-refractivity contribution in [3.8, 4) is 11.3 Å². The standard InChI is InChI=1S/C19H16N8/c20-18(21)16-6-5-13(10-24-16)26-27-17-14-8-11(15-2-1-7-23-15)3-4-12(14)9-25-19(17)22/h1-10,23H,(H3,20,21)(H2,22,25). The maximum Gasteiger partial charge on any atom is 0.151 e. The van der Waals surface area contributed by atoms with Crippen molar-refractivity contribution in [2.45, 2.75) is 0 Å². The van der Waals surface area contributed by atoms with Gasteiger partial charge in [0.05, 0.1) is 6.20 Å². The number of anilines is 1. The first-order valence-corrected chi connectivity index (χ1v) is 8.16. The van der Waals surface area contributed by atoms with Crippen LogP contribution in [0.3, 0.4) is 0 Å². The number of fused-ring (bicyclic) bond motifs is 1. The summed E-state index contributed by atoms with van der Waals surface area (Å²) in [5, 5.41) is 17.6. The normalized spacial score (nSPS) is 11.3. The Bertz CT molecular complexity index is 1140. The van der Waals surface area contributed by atoms with E-state index in [0.717, 1.165) is 22.0 Å². The zero-order valence-corrected chi connectivity index (χ0v) is 14.2. The maximum atomic E-state index is 7.37. The second-order valence-electron chi connectivity index (χ2n) is 5.89. The molecule has 0 amide bonds. The first-order valence-electron chi connectivity index (χ1n) is 8.16. The van der Waals surface area contributed by atoms with Gasteiger partial charge in [-0.05, 0) is 35.9 Å². The van der Waals surface area contributed by atoms with Crippen molar-refractivity contribution in [2.75, 3.05) is 5.73 Å². The SMILES string of the molecule is N=C(N)c1ccc(N=Nc2c(N)ncc3ccc(-c4ccc[nH]4)cc23)cn1. The minimum Gasteiger partial charge on any atom is -0.382 e. The summed E-state index contributed by atoms with van der Waals surface area (Å²) in [5.41, 5.74) is 14.9. The smallest absolute Gasteiger partial charge is 0.151 e. The highest BCUT2D eigenvalue weighted by Crippen LogP contribution is 2.34. The van der Waals surface area contributed by atoms with E-state index in [1.807, 2.05) is 36.5 Å². The molecule has 4 aromatic rings. The highest BCUT2D eigenvalue weighted by Gasteiger charge is 2.09. The Kier molecular flexibility index (Phi) is 4.06. The summed E-state index contributed by atoms with van der Waals surface area (Å²) in [6, 6.07) is 13.2. The van der Waals surface area contributed by atoms with Gasteiger partial charge in [-0.2, -0.15) is 0 Å². The van der Waals surface area contributed by atoms with Crippen LogP contribution < -0.4 is 11.5 Å². The highest BCUT2D eigenvalue weighted by atomic mass is 15.1. The van der Waals surface area contributed by atoms with E-state index < -0.39 is 0 Å². The Hall–Kier alpha value is -4.07. The zero-order chi connectivity index (χ0) is 18.8. The monoisotopic (exact) mass is 356 g/mol. The first kappa shape index (κ1) is 16.4. The summed E-state index contributed by atoms with van der Waals surface area (Å²) < 4.78 is 0. The van der Waals surface area contributed by atoms with Crippen LogP contribution in [0.25, 0.3) is 22.0 Å². The first-order chi connectivity index (χ1) is 13.1. The molecule has 0 aliphatic rings. The lowest BCUT2D eigenvalue weighted by atomic mass is 10.1. The number of nitrogens with zero attached hydrogens (tertiary/aromatic N) is 4. The van der Waals surface area contributed by atoms with E-state index in [0.29, 0.717) is 22.9 Å². The summed E-state index contributed by atoms with van der Waals surface area (Å²) in [6.07, 6.45) is 5.09. The second-order valence-corrected chi connectivity index (χ2v) is 5.89. The summed E-state index contributed by atoms with van der Waals surface area (Å²) in [7, 11) is 0. The van der Waals surface area contributed by atoms with E-state index in [4.69, 9.17) is 16.9 Å². The number of aromatic amines is 1. The van der Waals surface area contributed by atoms with E-state index in [1.54, 1.807) is 18.3 Å². The molecule has 0 saturated carbocycles. The third-order valence-corrected chi connectivity index (χ3v) is 4.09. The van der Waals surface area contributed by atoms with Gasteiger partial charge in [-0.15, -0.1) is 10.2 Å². The second kappa shape index (κ2) is 6.68. The van der Waals surface area contributed by atoms with E-state index in [-0.39, 0.29) is 5.84 Å². The third-order valence-electron chi connectivity index (χ3n) is 4.09. The minimum absolute atomic E-state index is 0.0992. The van der Waals surface area contributed by atoms with Gasteiger partial charge in [-0.3, -0.25) is 10.4 Å². The molecule has 132 valence electrons. The van der Waals surface area contributed by atoms with Gasteiger partial charge in [-0.25, -0.2) is 4.98 Å². The lowest BCUT2D eigenvalue weighted by Gasteiger charge is -2.06. The Morgan fingerprint density at radius 1 is 1.04 bits per heavy atom. The Morgan fingerprint density at radius 2 is 1.93 bits per heavy atom. The molecule has 3 aromatic heterocycles. The number of nitrogen functional groups attached to an aromatic ring is 2. The number of aromatic nitrogens is 3. The molecular weight excluding hydrogens is 340 g/mol. The van der Waals surface area contributed by atoms with Crippen LogP contribution >= 0.6 is 0 Å². The number of nitrogens with one attached hydrogen (secondary N) is 2. The van der Waals surface area contributed by atoms with E-state index in [1.165, 1.54) is 6.20 Å². The van der Waals surface area contributed by atoms with Gasteiger partial charge in [0.1, 0.15) is 22.9 Å². The lowest BCUT2D eigenvalue weighted by molar-refractivity contribution is 1.18. The maximum absolute atomic E-state index is 7.37. The molecule has 6 N–H and O–H groups in total. The molecule has 8 nitrogen and oxygen atoms in total. The van der Waals surface area contributed by atoms with Crippen LogP contribution in [0.5, 0.6) is 0 Å². The fourth-order valence-corrected chi connectivity index (χ4v) is 2.71. The summed E-state index contributed by atoms with van der Waals surface area (Å²) >= 11 is 0. The number of amidine groups is 1. The number of pyridine rings is 2. The number of nitrogens with two attached hydrogens (primary N) is 2. The van der Waals surface area contributed by atoms with Crippen LogP contribution in [0.2, 0.25) is 0 Å². The Labute approximate surface area is 154 Å². The molecule has 0 bridgehead atoms. The molecule has 1 aromatic carbocycles. The number of hydrogen-bond acceptors (Lipinski definition) is 6. The molecule has 0 radical (unpaired) electrons. The Morgan fingerprint density at radius 3 is 2.63 bits per heavy atom. The highest BCUT2D eigenvalue weighted by molar-refractivity contribution is 5.98. The number of hydrogen-bond donors (Lipinski definition) is 4. The largest absolute Gasteiger partial charge is 0.382 e. The van der Waals surface area contributed by atoms with Gasteiger partial charge >= 0.3 is 0 Å². The minimum atomic E-state index is -0.0992. The van der Waals surface area contributed by atoms with Crippen molar-refractivity contribution in [2.24, 2.45) is 16.0 Å². The molecule has 0 aliphatic heterocycles. The van der Waals surface area contributed by atoms with Gasteiger partial charge < -0.3 is 16.5 Å². The predicted octanol–water partition coefficient (Wildman–Crippen LogP) is 3.91. The number of azo groups is 1. The summed E-state index contributed by atoms with van der Waals surface area (Å²) in [4.78, 5) is 11.5. The van der Waals surface area contributed by atoms with Crippen LogP contribution in [0.1, 0.15) is 5.69 Å². The fraction of sp³-hybridized carbons (Fsp3) is 0. The Balaban J connectivity index is 1.76. The van der Waals surface area contributed by atoms with Crippen molar-refractivity contribution in [1.82, 2.24) is 15.0 Å². The van der Waals surface area contributed by atoms with Crippen LogP contribution in [-0.2, 0) is 0 Å². The van der Waals surface area contributed by atoms with E-state index in [2.05, 4.69) is 25.2 Å². The van der Waals surface area contributed by atoms with Gasteiger partial charge in [0.25, 0.3) is 0 Å². The molecule has 0 aliphatic carbocycles. The van der Waals surface area contributed by atoms with Crippen LogP contribution in [0.4, 0.5) is 17.2 Å². The average Bonchev–Trinajstić information content (AvgIpc) is 3.22. The van der Waals surface area contributed by atoms with Crippen molar-refractivity contribution in [3.63, 3.8) is 0 Å². The van der Waals surface area contributed by atoms with Crippen molar-refractivity contribution in [3.05, 3.63) is 66.7 Å². The molecule has 4 rings (SSSR count). The van der Waals surface area contributed by atoms with Gasteiger partial charge in [0.2, 0.25) is 0 Å². The topological polar surface area (TPSA) is 142 Å². The summed E-state index contributed by atoms with van der Waals surface area (Å²) in [6.45, 7) is 0. The third kappa shape index (κ3) is 3.23. The molecule has 0 spiro atoms. The zero-order valence-electron chi connectivity index (χ0n) is 14.2. The lowest BCUT2D eigenvalue weighted by Crippen LogP contribution is -2.12. The molecular formula is C19H16N8. The summed E-state index contributed by atoms with van der Waals surface area (Å²) in [5.74, 6) is 0.195. The predicted molar refractivity (Wildman–Crippen MR) is 105 cm³/mol. The van der Waals surface area contributed by atoms with Crippen LogP contribution in [0.15, 0.2) is 71.3 Å². The van der Waals surface area contributed by atoms with Gasteiger partial charge in [-0.1, -0.05) is 12.1 Å². The number of benzene rings is 1. The molecule has 0 saturated heterocycles. The quantitative estimate of drug-likeness (QED) is 0.250. The fourth-order valence-electron chi connectivity index (χ4n) is 2.71. The molecule has 0 unspecified atom stereocenters. The van der Waals surface area contributed by atoms with Crippen molar-refractivity contribution in [1.29, 1.82) is 5.41 Å². The van der Waals surface area contributed by atoms with Gasteiger partial charge in [0.15, 0.2) is 5.82 Å². The van der Waals surface area contributed by atoms with Crippen molar-refractivity contribution < 1.29 is 0 Å². The molecule has 3 heterocycles. The van der Waals surface area contributed by atoms with Crippen molar-refractivity contribution >= 4 is 33.8 Å². The molecule has 8 heteroatoms. The average molecular weight is 356 g/mol.